The summed E-state index contributed by atoms with van der Waals surface area (Å²) in [6.07, 6.45) is -3.09. The predicted molar refractivity (Wildman–Crippen MR) is 55.5 cm³/mol. The zero-order valence-electron chi connectivity index (χ0n) is 8.86. The van der Waals surface area contributed by atoms with Crippen LogP contribution in [0.25, 0.3) is 5.69 Å². The Labute approximate surface area is 94.9 Å². The Morgan fingerprint density at radius 2 is 2.00 bits per heavy atom. The molecule has 0 fully saturated rings. The van der Waals surface area contributed by atoms with Crippen molar-refractivity contribution in [1.29, 1.82) is 0 Å². The van der Waals surface area contributed by atoms with E-state index in [1.165, 1.54) is 6.20 Å². The maximum atomic E-state index is 12.4. The van der Waals surface area contributed by atoms with Gasteiger partial charge < -0.3 is 5.73 Å². The molecule has 0 aliphatic rings. The second-order valence-corrected chi connectivity index (χ2v) is 3.52. The van der Waals surface area contributed by atoms with E-state index in [0.29, 0.717) is 5.69 Å². The number of aryl methyl sites for hydroxylation is 1. The fourth-order valence-corrected chi connectivity index (χ4v) is 1.33. The molecule has 0 aromatic carbocycles. The minimum Gasteiger partial charge on any atom is -0.384 e. The molecule has 17 heavy (non-hydrogen) atoms. The van der Waals surface area contributed by atoms with Crippen molar-refractivity contribution in [3.8, 4) is 5.69 Å². The Balaban J connectivity index is 2.46. The van der Waals surface area contributed by atoms with E-state index in [4.69, 9.17) is 5.73 Å². The third kappa shape index (κ3) is 2.22. The largest absolute Gasteiger partial charge is 0.435 e. The number of anilines is 1. The lowest BCUT2D eigenvalue weighted by molar-refractivity contribution is -0.141. The average Bonchev–Trinajstić information content (AvgIpc) is 2.61. The third-order valence-electron chi connectivity index (χ3n) is 2.17. The summed E-state index contributed by atoms with van der Waals surface area (Å²) in [6, 6.07) is 4.06. The summed E-state index contributed by atoms with van der Waals surface area (Å²) in [5, 5.41) is 3.41. The number of halogens is 3. The van der Waals surface area contributed by atoms with E-state index in [1.54, 1.807) is 19.1 Å². The Bertz CT molecular complexity index is 527. The van der Waals surface area contributed by atoms with Gasteiger partial charge in [-0.15, -0.1) is 0 Å². The van der Waals surface area contributed by atoms with E-state index in [0.717, 1.165) is 16.4 Å². The van der Waals surface area contributed by atoms with Crippen LogP contribution in [0.5, 0.6) is 0 Å². The number of aromatic nitrogens is 3. The molecule has 0 atom stereocenters. The van der Waals surface area contributed by atoms with Crippen LogP contribution in [0.4, 0.5) is 19.0 Å². The van der Waals surface area contributed by atoms with Gasteiger partial charge in [0, 0.05) is 11.8 Å². The van der Waals surface area contributed by atoms with E-state index in [2.05, 4.69) is 10.1 Å². The van der Waals surface area contributed by atoms with Gasteiger partial charge in [-0.2, -0.15) is 18.3 Å². The van der Waals surface area contributed by atoms with E-state index in [1.807, 2.05) is 0 Å². The van der Waals surface area contributed by atoms with Gasteiger partial charge in [-0.05, 0) is 19.1 Å². The maximum Gasteiger partial charge on any atom is 0.435 e. The van der Waals surface area contributed by atoms with Crippen LogP contribution in [0.1, 0.15) is 11.4 Å². The Morgan fingerprint density at radius 1 is 1.29 bits per heavy atom. The molecule has 0 spiro atoms. The van der Waals surface area contributed by atoms with Gasteiger partial charge in [-0.1, -0.05) is 0 Å². The number of nitrogen functional groups attached to an aromatic ring is 1. The number of rotatable bonds is 1. The smallest absolute Gasteiger partial charge is 0.384 e. The summed E-state index contributed by atoms with van der Waals surface area (Å²) < 4.78 is 38.3. The molecule has 2 rings (SSSR count). The fourth-order valence-electron chi connectivity index (χ4n) is 1.33. The predicted octanol–water partition coefficient (Wildman–Crippen LogP) is 2.18. The van der Waals surface area contributed by atoms with Crippen molar-refractivity contribution in [3.05, 3.63) is 35.8 Å². The van der Waals surface area contributed by atoms with Crippen LogP contribution in [0.3, 0.4) is 0 Å². The highest BCUT2D eigenvalue weighted by Crippen LogP contribution is 2.30. The Hall–Kier alpha value is -2.05. The lowest BCUT2D eigenvalue weighted by atomic mass is 10.3. The van der Waals surface area contributed by atoms with Gasteiger partial charge in [0.1, 0.15) is 5.82 Å². The van der Waals surface area contributed by atoms with Crippen LogP contribution in [-0.2, 0) is 6.18 Å². The SMILES string of the molecule is Cc1ccc(-n2nc(C(F)(F)F)cc2N)cn1. The summed E-state index contributed by atoms with van der Waals surface area (Å²) >= 11 is 0. The quantitative estimate of drug-likeness (QED) is 0.833. The first-order valence-electron chi connectivity index (χ1n) is 4.73. The molecule has 2 aromatic heterocycles. The minimum atomic E-state index is -4.50. The molecule has 0 amide bonds. The first kappa shape index (κ1) is 11.4. The highest BCUT2D eigenvalue weighted by atomic mass is 19.4. The zero-order valence-corrected chi connectivity index (χ0v) is 8.86. The van der Waals surface area contributed by atoms with Gasteiger partial charge in [-0.25, -0.2) is 4.68 Å². The molecule has 2 N–H and O–H groups in total. The second kappa shape index (κ2) is 3.76. The molecule has 0 aliphatic carbocycles. The summed E-state index contributed by atoms with van der Waals surface area (Å²) in [7, 11) is 0. The lowest BCUT2D eigenvalue weighted by Crippen LogP contribution is -2.07. The maximum absolute atomic E-state index is 12.4. The van der Waals surface area contributed by atoms with E-state index in [9.17, 15) is 13.2 Å². The molecule has 7 heteroatoms. The molecule has 0 saturated heterocycles. The van der Waals surface area contributed by atoms with Crippen molar-refractivity contribution in [2.45, 2.75) is 13.1 Å². The van der Waals surface area contributed by atoms with Crippen LogP contribution in [0.2, 0.25) is 0 Å². The van der Waals surface area contributed by atoms with Gasteiger partial charge in [0.05, 0.1) is 11.9 Å². The molecule has 0 radical (unpaired) electrons. The number of nitrogens with zero attached hydrogens (tertiary/aromatic N) is 3. The molecule has 0 aliphatic heterocycles. The van der Waals surface area contributed by atoms with Crippen LogP contribution in [0, 0.1) is 6.92 Å². The number of pyridine rings is 1. The molecule has 0 saturated carbocycles. The summed E-state index contributed by atoms with van der Waals surface area (Å²) in [4.78, 5) is 3.97. The van der Waals surface area contributed by atoms with Gasteiger partial charge in [-0.3, -0.25) is 4.98 Å². The van der Waals surface area contributed by atoms with Crippen molar-refractivity contribution in [2.75, 3.05) is 5.73 Å². The van der Waals surface area contributed by atoms with E-state index >= 15 is 0 Å². The van der Waals surface area contributed by atoms with Crippen LogP contribution < -0.4 is 5.73 Å². The second-order valence-electron chi connectivity index (χ2n) is 3.52. The van der Waals surface area contributed by atoms with Gasteiger partial charge in [0.15, 0.2) is 5.69 Å². The van der Waals surface area contributed by atoms with E-state index in [-0.39, 0.29) is 5.82 Å². The minimum absolute atomic E-state index is 0.0806. The van der Waals surface area contributed by atoms with E-state index < -0.39 is 11.9 Å². The molecular formula is C10H9F3N4. The van der Waals surface area contributed by atoms with Gasteiger partial charge >= 0.3 is 6.18 Å². The van der Waals surface area contributed by atoms with Crippen molar-refractivity contribution in [1.82, 2.24) is 14.8 Å². The topological polar surface area (TPSA) is 56.7 Å². The van der Waals surface area contributed by atoms with Crippen molar-refractivity contribution < 1.29 is 13.2 Å². The normalized spacial score (nSPS) is 11.8. The molecule has 0 unspecified atom stereocenters. The third-order valence-corrected chi connectivity index (χ3v) is 2.17. The average molecular weight is 242 g/mol. The molecular weight excluding hydrogens is 233 g/mol. The number of nitrogens with two attached hydrogens (primary N) is 1. The molecule has 2 heterocycles. The van der Waals surface area contributed by atoms with Crippen molar-refractivity contribution in [3.63, 3.8) is 0 Å². The summed E-state index contributed by atoms with van der Waals surface area (Å²) in [5.74, 6) is -0.0806. The lowest BCUT2D eigenvalue weighted by Gasteiger charge is -2.03. The highest BCUT2D eigenvalue weighted by Gasteiger charge is 2.34. The first-order chi connectivity index (χ1) is 7.88. The van der Waals surface area contributed by atoms with Gasteiger partial charge in [0.25, 0.3) is 0 Å². The number of alkyl halides is 3. The van der Waals surface area contributed by atoms with Gasteiger partial charge in [0.2, 0.25) is 0 Å². The zero-order chi connectivity index (χ0) is 12.6. The summed E-state index contributed by atoms with van der Waals surface area (Å²) in [6.45, 7) is 1.78. The highest BCUT2D eigenvalue weighted by molar-refractivity contribution is 5.42. The molecule has 0 bridgehead atoms. The first-order valence-corrected chi connectivity index (χ1v) is 4.73. The molecule has 4 nitrogen and oxygen atoms in total. The van der Waals surface area contributed by atoms with Crippen LogP contribution in [-0.4, -0.2) is 14.8 Å². The molecule has 2 aromatic rings. The Kier molecular flexibility index (Phi) is 2.53. The Morgan fingerprint density at radius 3 is 2.47 bits per heavy atom. The van der Waals surface area contributed by atoms with Crippen LogP contribution in [0.15, 0.2) is 24.4 Å². The van der Waals surface area contributed by atoms with Crippen molar-refractivity contribution >= 4 is 5.82 Å². The summed E-state index contributed by atoms with van der Waals surface area (Å²) in [5.41, 5.74) is 5.61. The monoisotopic (exact) mass is 242 g/mol. The number of hydrogen-bond acceptors (Lipinski definition) is 3. The van der Waals surface area contributed by atoms with Crippen LogP contribution >= 0.6 is 0 Å². The fraction of sp³-hybridized carbons (Fsp3) is 0.200. The number of hydrogen-bond donors (Lipinski definition) is 1. The van der Waals surface area contributed by atoms with Crippen molar-refractivity contribution in [2.24, 2.45) is 0 Å². The molecule has 90 valence electrons. The standard InChI is InChI=1S/C10H9F3N4/c1-6-2-3-7(5-15-6)17-9(14)4-8(16-17)10(11,12)13/h2-5H,14H2,1H3.